The normalized spacial score (nSPS) is 10.9. The number of Topliss-reactive ketones (excluding diaryl/α,β-unsaturated/α-hetero) is 1. The van der Waals surface area contributed by atoms with E-state index in [9.17, 15) is 4.79 Å². The van der Waals surface area contributed by atoms with Crippen LogP contribution in [0.5, 0.6) is 0 Å². The van der Waals surface area contributed by atoms with E-state index in [2.05, 4.69) is 37.1 Å². The molecule has 3 nitrogen and oxygen atoms in total. The zero-order valence-electron chi connectivity index (χ0n) is 11.6. The third-order valence-corrected chi connectivity index (χ3v) is 3.37. The van der Waals surface area contributed by atoms with Crippen LogP contribution >= 0.6 is 0 Å². The molecule has 0 amide bonds. The first-order chi connectivity index (χ1) is 9.63. The second kappa shape index (κ2) is 4.93. The van der Waals surface area contributed by atoms with Crippen molar-refractivity contribution in [2.75, 3.05) is 0 Å². The highest BCUT2D eigenvalue weighted by Crippen LogP contribution is 2.15. The molecule has 3 heteroatoms. The zero-order chi connectivity index (χ0) is 14.1. The van der Waals surface area contributed by atoms with E-state index in [1.807, 2.05) is 24.4 Å². The molecule has 1 aromatic carbocycles. The fraction of sp³-hybridized carbons (Fsp3) is 0.176. The van der Waals surface area contributed by atoms with Crippen LogP contribution in [0.4, 0.5) is 0 Å². The maximum absolute atomic E-state index is 12.5. The summed E-state index contributed by atoms with van der Waals surface area (Å²) in [6.45, 7) is 4.10. The van der Waals surface area contributed by atoms with Crippen LogP contribution in [0.3, 0.4) is 0 Å². The maximum Gasteiger partial charge on any atom is 0.171 e. The first kappa shape index (κ1) is 12.6. The molecule has 3 aromatic rings. The zero-order valence-corrected chi connectivity index (χ0v) is 11.6. The van der Waals surface area contributed by atoms with Crippen LogP contribution in [0.25, 0.3) is 5.52 Å². The first-order valence-corrected chi connectivity index (χ1v) is 6.66. The minimum absolute atomic E-state index is 0.108. The Balaban J connectivity index is 1.93. The van der Waals surface area contributed by atoms with Crippen molar-refractivity contribution in [1.29, 1.82) is 0 Å². The molecule has 2 aromatic heterocycles. The van der Waals surface area contributed by atoms with Gasteiger partial charge in [-0.3, -0.25) is 4.79 Å². The number of aromatic nitrogens is 2. The number of nitrogens with zero attached hydrogens (tertiary/aromatic N) is 2. The summed E-state index contributed by atoms with van der Waals surface area (Å²) in [7, 11) is 0. The van der Waals surface area contributed by atoms with Crippen molar-refractivity contribution >= 4 is 11.3 Å². The van der Waals surface area contributed by atoms with Crippen molar-refractivity contribution in [2.45, 2.75) is 20.3 Å². The van der Waals surface area contributed by atoms with Gasteiger partial charge in [-0.25, -0.2) is 4.52 Å². The van der Waals surface area contributed by atoms with Crippen molar-refractivity contribution in [1.82, 2.24) is 9.61 Å². The van der Waals surface area contributed by atoms with E-state index in [1.165, 1.54) is 11.1 Å². The Morgan fingerprint density at radius 2 is 1.90 bits per heavy atom. The maximum atomic E-state index is 12.5. The van der Waals surface area contributed by atoms with Gasteiger partial charge in [0.1, 0.15) is 0 Å². The fourth-order valence-electron chi connectivity index (χ4n) is 2.60. The molecule has 2 heterocycles. The van der Waals surface area contributed by atoms with Gasteiger partial charge >= 0.3 is 0 Å². The van der Waals surface area contributed by atoms with Crippen molar-refractivity contribution in [2.24, 2.45) is 0 Å². The smallest absolute Gasteiger partial charge is 0.171 e. The van der Waals surface area contributed by atoms with Crippen LogP contribution < -0.4 is 0 Å². The second-order valence-electron chi connectivity index (χ2n) is 5.18. The number of hydrogen-bond acceptors (Lipinski definition) is 2. The molecule has 100 valence electrons. The van der Waals surface area contributed by atoms with Gasteiger partial charge in [-0.1, -0.05) is 35.4 Å². The van der Waals surface area contributed by atoms with Crippen LogP contribution in [0.15, 0.2) is 48.8 Å². The lowest BCUT2D eigenvalue weighted by Gasteiger charge is -2.04. The Bertz CT molecular complexity index is 766. The molecule has 3 rings (SSSR count). The van der Waals surface area contributed by atoms with E-state index in [1.54, 1.807) is 10.7 Å². The van der Waals surface area contributed by atoms with Gasteiger partial charge in [0.05, 0.1) is 17.3 Å². The number of carbonyl (C=O) groups is 1. The standard InChI is InChI=1S/C17H16N2O/c1-12-7-13(2)9-14(8-12)10-17(20)15-11-18-19-6-4-3-5-16(15)19/h3-9,11H,10H2,1-2H3. The number of benzene rings is 1. The molecule has 0 fully saturated rings. The number of carbonyl (C=O) groups excluding carboxylic acids is 1. The molecule has 0 saturated carbocycles. The van der Waals surface area contributed by atoms with Crippen LogP contribution in [-0.2, 0) is 6.42 Å². The average Bonchev–Trinajstić information content (AvgIpc) is 2.81. The summed E-state index contributed by atoms with van der Waals surface area (Å²) in [6, 6.07) is 12.0. The fourth-order valence-corrected chi connectivity index (χ4v) is 2.60. The van der Waals surface area contributed by atoms with Gasteiger partial charge < -0.3 is 0 Å². The Hall–Kier alpha value is -2.42. The highest BCUT2D eigenvalue weighted by atomic mass is 16.1. The van der Waals surface area contributed by atoms with E-state index < -0.39 is 0 Å². The SMILES string of the molecule is Cc1cc(C)cc(CC(=O)c2cnn3ccccc23)c1. The van der Waals surface area contributed by atoms with E-state index in [0.717, 1.165) is 11.1 Å². The van der Waals surface area contributed by atoms with Gasteiger partial charge in [-0.15, -0.1) is 0 Å². The summed E-state index contributed by atoms with van der Waals surface area (Å²) >= 11 is 0. The number of pyridine rings is 1. The van der Waals surface area contributed by atoms with Gasteiger partial charge in [0.15, 0.2) is 5.78 Å². The molecule has 0 aliphatic heterocycles. The lowest BCUT2D eigenvalue weighted by molar-refractivity contribution is 0.0994. The summed E-state index contributed by atoms with van der Waals surface area (Å²) in [4.78, 5) is 12.5. The third kappa shape index (κ3) is 2.35. The number of ketones is 1. The topological polar surface area (TPSA) is 34.4 Å². The highest BCUT2D eigenvalue weighted by Gasteiger charge is 2.13. The van der Waals surface area contributed by atoms with Crippen LogP contribution in [0, 0.1) is 13.8 Å². The number of hydrogen-bond donors (Lipinski definition) is 0. The highest BCUT2D eigenvalue weighted by molar-refractivity contribution is 6.03. The van der Waals surface area contributed by atoms with Gasteiger partial charge in [0, 0.05) is 12.6 Å². The van der Waals surface area contributed by atoms with Crippen LogP contribution in [0.1, 0.15) is 27.0 Å². The molecule has 20 heavy (non-hydrogen) atoms. The van der Waals surface area contributed by atoms with E-state index in [4.69, 9.17) is 0 Å². The molecule has 0 spiro atoms. The molecule has 0 aliphatic carbocycles. The summed E-state index contributed by atoms with van der Waals surface area (Å²) in [5, 5.41) is 4.21. The third-order valence-electron chi connectivity index (χ3n) is 3.37. The number of aryl methyl sites for hydroxylation is 2. The molecule has 0 atom stereocenters. The van der Waals surface area contributed by atoms with Gasteiger partial charge in [0.25, 0.3) is 0 Å². The van der Waals surface area contributed by atoms with E-state index >= 15 is 0 Å². The van der Waals surface area contributed by atoms with Crippen molar-refractivity contribution in [3.63, 3.8) is 0 Å². The minimum atomic E-state index is 0.108. The lowest BCUT2D eigenvalue weighted by Crippen LogP contribution is -2.03. The predicted molar refractivity (Wildman–Crippen MR) is 79.1 cm³/mol. The summed E-state index contributed by atoms with van der Waals surface area (Å²) in [5.74, 6) is 0.108. The molecule has 0 N–H and O–H groups in total. The number of fused-ring (bicyclic) bond motifs is 1. The molecule has 0 bridgehead atoms. The molecule has 0 aliphatic rings. The largest absolute Gasteiger partial charge is 0.294 e. The first-order valence-electron chi connectivity index (χ1n) is 6.66. The van der Waals surface area contributed by atoms with Crippen molar-refractivity contribution in [3.05, 3.63) is 71.0 Å². The van der Waals surface area contributed by atoms with Gasteiger partial charge in [-0.05, 0) is 31.5 Å². The van der Waals surface area contributed by atoms with Crippen LogP contribution in [-0.4, -0.2) is 15.4 Å². The molecular weight excluding hydrogens is 248 g/mol. The van der Waals surface area contributed by atoms with Gasteiger partial charge in [0.2, 0.25) is 0 Å². The summed E-state index contributed by atoms with van der Waals surface area (Å²) < 4.78 is 1.73. The molecular formula is C17H16N2O. The Kier molecular flexibility index (Phi) is 3.11. The quantitative estimate of drug-likeness (QED) is 0.680. The summed E-state index contributed by atoms with van der Waals surface area (Å²) in [6.07, 6.45) is 3.92. The predicted octanol–water partition coefficient (Wildman–Crippen LogP) is 3.38. The Morgan fingerprint density at radius 3 is 2.65 bits per heavy atom. The van der Waals surface area contributed by atoms with E-state index in [0.29, 0.717) is 12.0 Å². The molecule has 0 unspecified atom stereocenters. The Morgan fingerprint density at radius 1 is 1.15 bits per heavy atom. The molecule has 0 saturated heterocycles. The minimum Gasteiger partial charge on any atom is -0.294 e. The monoisotopic (exact) mass is 264 g/mol. The molecule has 0 radical (unpaired) electrons. The number of rotatable bonds is 3. The lowest BCUT2D eigenvalue weighted by atomic mass is 10.0. The summed E-state index contributed by atoms with van der Waals surface area (Å²) in [5.41, 5.74) is 4.98. The van der Waals surface area contributed by atoms with Crippen molar-refractivity contribution in [3.8, 4) is 0 Å². The van der Waals surface area contributed by atoms with E-state index in [-0.39, 0.29) is 5.78 Å². The van der Waals surface area contributed by atoms with Crippen LogP contribution in [0.2, 0.25) is 0 Å². The average molecular weight is 264 g/mol. The second-order valence-corrected chi connectivity index (χ2v) is 5.18. The Labute approximate surface area is 117 Å². The van der Waals surface area contributed by atoms with Gasteiger partial charge in [-0.2, -0.15) is 5.10 Å². The van der Waals surface area contributed by atoms with Crippen molar-refractivity contribution < 1.29 is 4.79 Å².